The van der Waals surface area contributed by atoms with Gasteiger partial charge in [-0.3, -0.25) is 14.4 Å². The number of piperidine rings is 1. The Kier molecular flexibility index (Phi) is 9.26. The van der Waals surface area contributed by atoms with E-state index < -0.39 is 0 Å². The van der Waals surface area contributed by atoms with Crippen LogP contribution < -0.4 is 16.5 Å². The van der Waals surface area contributed by atoms with E-state index in [2.05, 4.69) is 17.7 Å². The van der Waals surface area contributed by atoms with Gasteiger partial charge in [-0.15, -0.1) is 0 Å². The van der Waals surface area contributed by atoms with Crippen molar-refractivity contribution in [1.82, 2.24) is 15.7 Å². The molecule has 1 aliphatic rings. The largest absolute Gasteiger partial charge is 0.342 e. The van der Waals surface area contributed by atoms with Gasteiger partial charge in [0.1, 0.15) is 0 Å². The maximum absolute atomic E-state index is 12.5. The smallest absolute Gasteiger partial charge is 0.274 e. The summed E-state index contributed by atoms with van der Waals surface area (Å²) in [4.78, 5) is 32.0. The predicted octanol–water partition coefficient (Wildman–Crippen LogP) is 2.92. The summed E-state index contributed by atoms with van der Waals surface area (Å²) in [5.74, 6) is -0.315. The van der Waals surface area contributed by atoms with Gasteiger partial charge in [0, 0.05) is 42.2 Å². The van der Waals surface area contributed by atoms with E-state index in [1.165, 1.54) is 5.56 Å². The van der Waals surface area contributed by atoms with E-state index in [4.69, 9.17) is 22.2 Å². The molecule has 2 aromatic rings. The summed E-state index contributed by atoms with van der Waals surface area (Å²) in [7, 11) is 0. The Morgan fingerprint density at radius 2 is 1.82 bits per heavy atom. The zero-order valence-electron chi connectivity index (χ0n) is 19.1. The lowest BCUT2D eigenvalue weighted by Crippen LogP contribution is -2.51. The Bertz CT molecular complexity index is 928. The van der Waals surface area contributed by atoms with Gasteiger partial charge in [-0.2, -0.15) is 0 Å². The van der Waals surface area contributed by atoms with Crippen LogP contribution in [0.1, 0.15) is 41.3 Å². The van der Waals surface area contributed by atoms with Gasteiger partial charge < -0.3 is 16.0 Å². The van der Waals surface area contributed by atoms with E-state index in [1.807, 2.05) is 36.4 Å². The molecule has 0 bridgehead atoms. The molecule has 1 heterocycles. The molecule has 0 aliphatic carbocycles. The Balaban J connectivity index is 1.58. The number of carbonyl (C=O) groups excluding carboxylic acids is 2. The van der Waals surface area contributed by atoms with E-state index in [0.29, 0.717) is 38.3 Å². The zero-order chi connectivity index (χ0) is 23.7. The Labute approximate surface area is 200 Å². The fourth-order valence-electron chi connectivity index (χ4n) is 4.04. The number of likely N-dealkylation sites (tertiary alicyclic amines) is 1. The molecule has 2 amide bonds. The van der Waals surface area contributed by atoms with Crippen molar-refractivity contribution in [3.63, 3.8) is 0 Å². The Hall–Kier alpha value is -2.45. The summed E-state index contributed by atoms with van der Waals surface area (Å²) < 4.78 is 0. The number of nitrogens with zero attached hydrogens (tertiary/aromatic N) is 1. The molecule has 0 radical (unpaired) electrons. The molecule has 0 atom stereocenters. The monoisotopic (exact) mass is 472 g/mol. The number of amides is 2. The summed E-state index contributed by atoms with van der Waals surface area (Å²) in [5.41, 5.74) is 10.6. The molecule has 3 rings (SSSR count). The van der Waals surface area contributed by atoms with Crippen LogP contribution in [0.3, 0.4) is 0 Å². The maximum Gasteiger partial charge on any atom is 0.274 e. The molecule has 0 saturated carbocycles. The first kappa shape index (κ1) is 25.2. The van der Waals surface area contributed by atoms with Gasteiger partial charge >= 0.3 is 0 Å². The quantitative estimate of drug-likeness (QED) is 0.462. The first-order valence-corrected chi connectivity index (χ1v) is 11.8. The molecular weight excluding hydrogens is 440 g/mol. The van der Waals surface area contributed by atoms with Crippen molar-refractivity contribution < 1.29 is 14.4 Å². The molecule has 0 spiro atoms. The van der Waals surface area contributed by atoms with Crippen LogP contribution in [0.4, 0.5) is 0 Å². The highest BCUT2D eigenvalue weighted by molar-refractivity contribution is 6.31. The van der Waals surface area contributed by atoms with Crippen LogP contribution in [0.2, 0.25) is 5.02 Å². The molecule has 1 aliphatic heterocycles. The third kappa shape index (κ3) is 7.01. The molecular formula is C25H33ClN4O3. The number of hydroxylamine groups is 1. The number of nitrogens with one attached hydrogen (secondary N) is 2. The Morgan fingerprint density at radius 1 is 1.12 bits per heavy atom. The van der Waals surface area contributed by atoms with Crippen LogP contribution in [0.15, 0.2) is 48.5 Å². The van der Waals surface area contributed by atoms with E-state index >= 15 is 0 Å². The molecule has 8 heteroatoms. The van der Waals surface area contributed by atoms with E-state index in [9.17, 15) is 9.59 Å². The number of aryl methyl sites for hydroxylation is 1. The summed E-state index contributed by atoms with van der Waals surface area (Å²) in [6.07, 6.45) is 2.41. The molecule has 178 valence electrons. The fourth-order valence-corrected chi connectivity index (χ4v) is 4.24. The minimum atomic E-state index is -0.271. The molecule has 1 fully saturated rings. The topological polar surface area (TPSA) is 96.7 Å². The summed E-state index contributed by atoms with van der Waals surface area (Å²) in [5, 5.41) is 4.21. The van der Waals surface area contributed by atoms with Crippen molar-refractivity contribution in [2.24, 2.45) is 11.1 Å². The van der Waals surface area contributed by atoms with Gasteiger partial charge in [-0.05, 0) is 48.6 Å². The summed E-state index contributed by atoms with van der Waals surface area (Å²) in [6.45, 7) is 4.95. The summed E-state index contributed by atoms with van der Waals surface area (Å²) >= 11 is 6.28. The number of nitrogens with two attached hydrogens (primary N) is 1. The minimum absolute atomic E-state index is 0.0150. The van der Waals surface area contributed by atoms with Gasteiger partial charge in [0.25, 0.3) is 5.91 Å². The SMILES string of the molecule is CCc1ccc(C(=O)NOCC2(CNCc3ccccc3Cl)CCN(C(=O)CN)CC2)cc1. The van der Waals surface area contributed by atoms with Gasteiger partial charge in [0.05, 0.1) is 13.2 Å². The zero-order valence-corrected chi connectivity index (χ0v) is 19.9. The second-order valence-electron chi connectivity index (χ2n) is 8.55. The second-order valence-corrected chi connectivity index (χ2v) is 8.96. The highest BCUT2D eigenvalue weighted by Gasteiger charge is 2.36. The highest BCUT2D eigenvalue weighted by atomic mass is 35.5. The van der Waals surface area contributed by atoms with Crippen molar-refractivity contribution in [3.05, 3.63) is 70.2 Å². The van der Waals surface area contributed by atoms with Gasteiger partial charge in [0.15, 0.2) is 0 Å². The maximum atomic E-state index is 12.5. The van der Waals surface area contributed by atoms with Gasteiger partial charge in [-0.1, -0.05) is 48.9 Å². The van der Waals surface area contributed by atoms with Crippen molar-refractivity contribution in [1.29, 1.82) is 0 Å². The lowest BCUT2D eigenvalue weighted by molar-refractivity contribution is -0.133. The van der Waals surface area contributed by atoms with Crippen molar-refractivity contribution in [2.45, 2.75) is 32.7 Å². The standard InChI is InChI=1S/C25H33ClN4O3/c1-2-19-7-9-20(10-8-19)24(32)29-33-18-25(11-13-30(14-12-25)23(31)15-27)17-28-16-21-5-3-4-6-22(21)26/h3-10,28H,2,11-18,27H2,1H3,(H,29,32). The Morgan fingerprint density at radius 3 is 2.45 bits per heavy atom. The number of halogens is 1. The van der Waals surface area contributed by atoms with E-state index in [0.717, 1.165) is 29.8 Å². The molecule has 2 aromatic carbocycles. The first-order valence-electron chi connectivity index (χ1n) is 11.4. The van der Waals surface area contributed by atoms with Crippen LogP contribution in [0.5, 0.6) is 0 Å². The van der Waals surface area contributed by atoms with Crippen LogP contribution >= 0.6 is 11.6 Å². The average molecular weight is 473 g/mol. The minimum Gasteiger partial charge on any atom is -0.342 e. The third-order valence-corrected chi connectivity index (χ3v) is 6.66. The van der Waals surface area contributed by atoms with Crippen LogP contribution in [0, 0.1) is 5.41 Å². The average Bonchev–Trinajstić information content (AvgIpc) is 2.85. The number of benzene rings is 2. The highest BCUT2D eigenvalue weighted by Crippen LogP contribution is 2.31. The van der Waals surface area contributed by atoms with Crippen molar-refractivity contribution in [3.8, 4) is 0 Å². The molecule has 0 unspecified atom stereocenters. The summed E-state index contributed by atoms with van der Waals surface area (Å²) in [6, 6.07) is 15.2. The lowest BCUT2D eigenvalue weighted by Gasteiger charge is -2.41. The lowest BCUT2D eigenvalue weighted by atomic mass is 9.79. The molecule has 1 saturated heterocycles. The molecule has 7 nitrogen and oxygen atoms in total. The first-order chi connectivity index (χ1) is 16.0. The molecule has 33 heavy (non-hydrogen) atoms. The predicted molar refractivity (Wildman–Crippen MR) is 130 cm³/mol. The van der Waals surface area contributed by atoms with Gasteiger partial charge in [-0.25, -0.2) is 5.48 Å². The van der Waals surface area contributed by atoms with Crippen molar-refractivity contribution >= 4 is 23.4 Å². The normalized spacial score (nSPS) is 15.3. The van der Waals surface area contributed by atoms with E-state index in [-0.39, 0.29) is 23.8 Å². The second kappa shape index (κ2) is 12.1. The van der Waals surface area contributed by atoms with Gasteiger partial charge in [0.2, 0.25) is 5.91 Å². The van der Waals surface area contributed by atoms with Crippen molar-refractivity contribution in [2.75, 3.05) is 32.8 Å². The number of carbonyl (C=O) groups is 2. The number of hydrogen-bond acceptors (Lipinski definition) is 5. The van der Waals surface area contributed by atoms with Crippen LogP contribution in [0.25, 0.3) is 0 Å². The van der Waals surface area contributed by atoms with Crippen LogP contribution in [-0.2, 0) is 22.6 Å². The van der Waals surface area contributed by atoms with E-state index in [1.54, 1.807) is 17.0 Å². The number of rotatable bonds is 10. The van der Waals surface area contributed by atoms with Crippen LogP contribution in [-0.4, -0.2) is 49.5 Å². The third-order valence-electron chi connectivity index (χ3n) is 6.29. The molecule has 4 N–H and O–H groups in total. The fraction of sp³-hybridized carbons (Fsp3) is 0.440. The molecule has 0 aromatic heterocycles. The number of hydrogen-bond donors (Lipinski definition) is 3.